The highest BCUT2D eigenvalue weighted by atomic mass is 15.2. The highest BCUT2D eigenvalue weighted by Gasteiger charge is 2.27. The first-order valence-electron chi connectivity index (χ1n) is 11.1. The number of para-hydroxylation sites is 1. The maximum absolute atomic E-state index is 5.03. The molecule has 1 fully saturated rings. The first kappa shape index (κ1) is 20.3. The first-order valence-corrected chi connectivity index (χ1v) is 11.1. The van der Waals surface area contributed by atoms with Crippen LogP contribution in [0.2, 0.25) is 0 Å². The maximum atomic E-state index is 5.03. The number of rotatable bonds is 6. The largest absolute Gasteiger partial charge is 0.340 e. The number of aromatic nitrogens is 4. The van der Waals surface area contributed by atoms with Gasteiger partial charge in [-0.05, 0) is 61.3 Å². The van der Waals surface area contributed by atoms with E-state index >= 15 is 0 Å². The molecule has 1 aliphatic heterocycles. The SMILES string of the molecule is c1ccc(Nc2cc(-c3ccncc3)nc(C3CCCCN3Cc3ccncc3)n2)cc1. The Hall–Kier alpha value is -3.64. The smallest absolute Gasteiger partial charge is 0.148 e. The molecule has 1 atom stereocenters. The molecule has 0 aliphatic carbocycles. The van der Waals surface area contributed by atoms with E-state index in [4.69, 9.17) is 9.97 Å². The van der Waals surface area contributed by atoms with E-state index in [0.717, 1.165) is 48.1 Å². The van der Waals surface area contributed by atoms with Crippen LogP contribution in [0.1, 0.15) is 36.7 Å². The molecule has 3 aromatic heterocycles. The third-order valence-corrected chi connectivity index (χ3v) is 5.81. The molecule has 1 N–H and O–H groups in total. The Bertz CT molecular complexity index is 1130. The summed E-state index contributed by atoms with van der Waals surface area (Å²) in [5, 5.41) is 3.46. The minimum absolute atomic E-state index is 0.176. The maximum Gasteiger partial charge on any atom is 0.148 e. The molecule has 1 saturated heterocycles. The van der Waals surface area contributed by atoms with Gasteiger partial charge in [-0.15, -0.1) is 0 Å². The van der Waals surface area contributed by atoms with Crippen molar-refractivity contribution in [1.82, 2.24) is 24.8 Å². The molecule has 4 aromatic rings. The van der Waals surface area contributed by atoms with Gasteiger partial charge in [0.25, 0.3) is 0 Å². The summed E-state index contributed by atoms with van der Waals surface area (Å²) in [5.74, 6) is 1.67. The number of pyridine rings is 2. The average molecular weight is 423 g/mol. The molecule has 6 heteroatoms. The Balaban J connectivity index is 1.51. The predicted octanol–water partition coefficient (Wildman–Crippen LogP) is 5.40. The summed E-state index contributed by atoms with van der Waals surface area (Å²) >= 11 is 0. The normalized spacial score (nSPS) is 16.6. The third kappa shape index (κ3) is 4.81. The van der Waals surface area contributed by atoms with Gasteiger partial charge in [-0.1, -0.05) is 24.6 Å². The van der Waals surface area contributed by atoms with Crippen molar-refractivity contribution in [2.75, 3.05) is 11.9 Å². The van der Waals surface area contributed by atoms with Crippen molar-refractivity contribution in [3.8, 4) is 11.3 Å². The summed E-state index contributed by atoms with van der Waals surface area (Å²) in [6.45, 7) is 1.91. The van der Waals surface area contributed by atoms with Gasteiger partial charge in [0.05, 0.1) is 11.7 Å². The van der Waals surface area contributed by atoms with Gasteiger partial charge < -0.3 is 5.32 Å². The Morgan fingerprint density at radius 3 is 2.38 bits per heavy atom. The monoisotopic (exact) mass is 422 g/mol. The Morgan fingerprint density at radius 1 is 0.844 bits per heavy atom. The van der Waals surface area contributed by atoms with Crippen LogP contribution in [0.3, 0.4) is 0 Å². The van der Waals surface area contributed by atoms with Crippen molar-refractivity contribution in [2.24, 2.45) is 0 Å². The van der Waals surface area contributed by atoms with Gasteiger partial charge in [-0.3, -0.25) is 14.9 Å². The zero-order chi connectivity index (χ0) is 21.6. The lowest BCUT2D eigenvalue weighted by Gasteiger charge is -2.35. The molecular formula is C26H26N6. The van der Waals surface area contributed by atoms with Crippen molar-refractivity contribution in [3.05, 3.63) is 96.8 Å². The lowest BCUT2D eigenvalue weighted by atomic mass is 10.00. The summed E-state index contributed by atoms with van der Waals surface area (Å²) < 4.78 is 0. The van der Waals surface area contributed by atoms with Crippen molar-refractivity contribution in [1.29, 1.82) is 0 Å². The first-order chi connectivity index (χ1) is 15.8. The van der Waals surface area contributed by atoms with Crippen LogP contribution in [0.25, 0.3) is 11.3 Å². The van der Waals surface area contributed by atoms with Crippen molar-refractivity contribution in [2.45, 2.75) is 31.8 Å². The highest BCUT2D eigenvalue weighted by molar-refractivity contribution is 5.65. The Kier molecular flexibility index (Phi) is 6.12. The predicted molar refractivity (Wildman–Crippen MR) is 126 cm³/mol. The molecule has 160 valence electrons. The number of nitrogens with zero attached hydrogens (tertiary/aromatic N) is 5. The second kappa shape index (κ2) is 9.66. The molecule has 6 nitrogen and oxygen atoms in total. The molecule has 0 bridgehead atoms. The number of piperidine rings is 1. The van der Waals surface area contributed by atoms with E-state index in [1.54, 1.807) is 12.4 Å². The van der Waals surface area contributed by atoms with Gasteiger partial charge in [-0.25, -0.2) is 9.97 Å². The zero-order valence-corrected chi connectivity index (χ0v) is 17.9. The molecule has 0 saturated carbocycles. The van der Waals surface area contributed by atoms with Crippen LogP contribution in [0.5, 0.6) is 0 Å². The van der Waals surface area contributed by atoms with Crippen LogP contribution in [0.4, 0.5) is 11.5 Å². The van der Waals surface area contributed by atoms with Gasteiger partial charge in [0.2, 0.25) is 0 Å². The van der Waals surface area contributed by atoms with E-state index in [1.807, 2.05) is 60.9 Å². The number of hydrogen-bond acceptors (Lipinski definition) is 6. The molecule has 1 unspecified atom stereocenters. The number of hydrogen-bond donors (Lipinski definition) is 1. The summed E-state index contributed by atoms with van der Waals surface area (Å²) in [4.78, 5) is 20.8. The molecule has 1 aliphatic rings. The molecule has 5 rings (SSSR count). The van der Waals surface area contributed by atoms with Crippen LogP contribution < -0.4 is 5.32 Å². The van der Waals surface area contributed by atoms with Crippen LogP contribution in [0.15, 0.2) is 85.5 Å². The minimum Gasteiger partial charge on any atom is -0.340 e. The molecule has 0 radical (unpaired) electrons. The fourth-order valence-electron chi connectivity index (χ4n) is 4.21. The van der Waals surface area contributed by atoms with Crippen molar-refractivity contribution >= 4 is 11.5 Å². The topological polar surface area (TPSA) is 66.8 Å². The summed E-state index contributed by atoms with van der Waals surface area (Å²) in [7, 11) is 0. The van der Waals surface area contributed by atoms with E-state index in [-0.39, 0.29) is 6.04 Å². The Morgan fingerprint density at radius 2 is 1.59 bits per heavy atom. The molecule has 0 amide bonds. The van der Waals surface area contributed by atoms with Crippen LogP contribution in [-0.2, 0) is 6.54 Å². The second-order valence-corrected chi connectivity index (χ2v) is 8.06. The fraction of sp³-hybridized carbons (Fsp3) is 0.231. The van der Waals surface area contributed by atoms with E-state index in [9.17, 15) is 0 Å². The van der Waals surface area contributed by atoms with E-state index in [2.05, 4.69) is 32.3 Å². The van der Waals surface area contributed by atoms with Gasteiger partial charge in [0.1, 0.15) is 11.6 Å². The molecule has 32 heavy (non-hydrogen) atoms. The summed E-state index contributed by atoms with van der Waals surface area (Å²) in [5.41, 5.74) is 4.22. The van der Waals surface area contributed by atoms with Gasteiger partial charge in [0.15, 0.2) is 0 Å². The van der Waals surface area contributed by atoms with Gasteiger partial charge in [-0.2, -0.15) is 0 Å². The van der Waals surface area contributed by atoms with Crippen LogP contribution in [0, 0.1) is 0 Å². The molecule has 0 spiro atoms. The van der Waals surface area contributed by atoms with E-state index in [1.165, 1.54) is 18.4 Å². The average Bonchev–Trinajstić information content (AvgIpc) is 2.86. The summed E-state index contributed by atoms with van der Waals surface area (Å²) in [6.07, 6.45) is 10.8. The lowest BCUT2D eigenvalue weighted by Crippen LogP contribution is -2.34. The van der Waals surface area contributed by atoms with E-state index in [0.29, 0.717) is 0 Å². The lowest BCUT2D eigenvalue weighted by molar-refractivity contribution is 0.134. The van der Waals surface area contributed by atoms with Crippen molar-refractivity contribution < 1.29 is 0 Å². The standard InChI is InChI=1S/C26H26N6/c1-2-6-22(7-3-1)29-25-18-23(21-11-15-28-16-12-21)30-26(31-25)24-8-4-5-17-32(24)19-20-9-13-27-14-10-20/h1-3,6-7,9-16,18,24H,4-5,8,17,19H2,(H,29,30,31). The summed E-state index contributed by atoms with van der Waals surface area (Å²) in [6, 6.07) is 20.5. The van der Waals surface area contributed by atoms with E-state index < -0.39 is 0 Å². The van der Waals surface area contributed by atoms with Crippen LogP contribution in [-0.4, -0.2) is 31.4 Å². The zero-order valence-electron chi connectivity index (χ0n) is 17.9. The second-order valence-electron chi connectivity index (χ2n) is 8.06. The highest BCUT2D eigenvalue weighted by Crippen LogP contribution is 2.33. The number of benzene rings is 1. The molecule has 4 heterocycles. The molecule has 1 aromatic carbocycles. The van der Waals surface area contributed by atoms with Gasteiger partial charge >= 0.3 is 0 Å². The Labute approximate surface area is 188 Å². The van der Waals surface area contributed by atoms with Crippen LogP contribution >= 0.6 is 0 Å². The minimum atomic E-state index is 0.176. The number of anilines is 2. The molecular weight excluding hydrogens is 396 g/mol. The number of nitrogens with one attached hydrogen (secondary N) is 1. The third-order valence-electron chi connectivity index (χ3n) is 5.81. The fourth-order valence-corrected chi connectivity index (χ4v) is 4.21. The van der Waals surface area contributed by atoms with Crippen molar-refractivity contribution in [3.63, 3.8) is 0 Å². The van der Waals surface area contributed by atoms with Gasteiger partial charge in [0, 0.05) is 48.6 Å². The quantitative estimate of drug-likeness (QED) is 0.448. The number of likely N-dealkylation sites (tertiary alicyclic amines) is 1.